The lowest BCUT2D eigenvalue weighted by molar-refractivity contribution is -0.120. The minimum Gasteiger partial charge on any atom is -0.496 e. The zero-order chi connectivity index (χ0) is 18.5. The number of nitrogens with zero attached hydrogens (tertiary/aromatic N) is 1. The van der Waals surface area contributed by atoms with Crippen molar-refractivity contribution in [3.63, 3.8) is 0 Å². The van der Waals surface area contributed by atoms with Gasteiger partial charge in [0.05, 0.1) is 13.3 Å². The molecule has 1 saturated carbocycles. The van der Waals surface area contributed by atoms with Gasteiger partial charge in [-0.1, -0.05) is 25.3 Å². The van der Waals surface area contributed by atoms with Crippen LogP contribution in [-0.2, 0) is 11.2 Å². The fourth-order valence-corrected chi connectivity index (χ4v) is 3.35. The van der Waals surface area contributed by atoms with Crippen molar-refractivity contribution in [2.45, 2.75) is 38.5 Å². The first-order chi connectivity index (χ1) is 12.6. The summed E-state index contributed by atoms with van der Waals surface area (Å²) in [5.74, 6) is -0.272. The van der Waals surface area contributed by atoms with Crippen molar-refractivity contribution in [1.29, 1.82) is 0 Å². The molecule has 0 atom stereocenters. The molecule has 1 amide bonds. The number of ether oxygens (including phenoxy) is 1. The van der Waals surface area contributed by atoms with Crippen LogP contribution in [0.1, 0.15) is 43.2 Å². The van der Waals surface area contributed by atoms with Crippen LogP contribution in [0.15, 0.2) is 30.5 Å². The fourth-order valence-electron chi connectivity index (χ4n) is 3.35. The van der Waals surface area contributed by atoms with E-state index in [0.717, 1.165) is 31.9 Å². The van der Waals surface area contributed by atoms with Gasteiger partial charge in [0.25, 0.3) is 0 Å². The van der Waals surface area contributed by atoms with Gasteiger partial charge in [-0.2, -0.15) is 0 Å². The van der Waals surface area contributed by atoms with Crippen molar-refractivity contribution >= 4 is 11.7 Å². The highest BCUT2D eigenvalue weighted by Crippen LogP contribution is 2.26. The van der Waals surface area contributed by atoms with Crippen LogP contribution in [0.5, 0.6) is 5.75 Å². The number of pyridine rings is 1. The van der Waals surface area contributed by atoms with Gasteiger partial charge in [0.1, 0.15) is 23.2 Å². The Morgan fingerprint density at radius 1 is 1.19 bits per heavy atom. The number of amides is 1. The Bertz CT molecular complexity index is 789. The van der Waals surface area contributed by atoms with E-state index < -0.39 is 11.6 Å². The Balaban J connectivity index is 1.76. The third-order valence-corrected chi connectivity index (χ3v) is 4.79. The lowest BCUT2D eigenvalue weighted by atomic mass is 9.89. The number of hydrogen-bond donors (Lipinski definition) is 1. The van der Waals surface area contributed by atoms with Crippen molar-refractivity contribution in [2.75, 3.05) is 12.4 Å². The van der Waals surface area contributed by atoms with Gasteiger partial charge in [-0.05, 0) is 36.1 Å². The quantitative estimate of drug-likeness (QED) is 0.855. The molecule has 0 unspecified atom stereocenters. The predicted molar refractivity (Wildman–Crippen MR) is 95.2 cm³/mol. The normalized spacial score (nSPS) is 14.9. The number of nitrogens with one attached hydrogen (secondary N) is 1. The van der Waals surface area contributed by atoms with Gasteiger partial charge in [-0.15, -0.1) is 0 Å². The average molecular weight is 360 g/mol. The SMILES string of the molecule is COc1cc(F)ccc1Cc1cc(NC(=O)C2CCCCC2)ncc1F. The summed E-state index contributed by atoms with van der Waals surface area (Å²) in [7, 11) is 1.44. The molecule has 0 aliphatic heterocycles. The minimum absolute atomic E-state index is 0.00348. The van der Waals surface area contributed by atoms with Gasteiger partial charge >= 0.3 is 0 Å². The summed E-state index contributed by atoms with van der Waals surface area (Å²) < 4.78 is 32.7. The fraction of sp³-hybridized carbons (Fsp3) is 0.400. The number of carbonyl (C=O) groups excluding carboxylic acids is 1. The Hall–Kier alpha value is -2.50. The third-order valence-electron chi connectivity index (χ3n) is 4.79. The summed E-state index contributed by atoms with van der Waals surface area (Å²) in [6, 6.07) is 5.66. The van der Waals surface area contributed by atoms with E-state index in [4.69, 9.17) is 4.74 Å². The lowest BCUT2D eigenvalue weighted by Crippen LogP contribution is -2.25. The zero-order valence-corrected chi connectivity index (χ0v) is 14.7. The number of hydrogen-bond acceptors (Lipinski definition) is 3. The molecule has 2 aromatic rings. The van der Waals surface area contributed by atoms with Gasteiger partial charge in [0, 0.05) is 18.4 Å². The molecule has 1 heterocycles. The number of methoxy groups -OCH3 is 1. The highest BCUT2D eigenvalue weighted by atomic mass is 19.1. The summed E-state index contributed by atoms with van der Waals surface area (Å²) in [5.41, 5.74) is 1.02. The molecule has 0 radical (unpaired) electrons. The first-order valence-corrected chi connectivity index (χ1v) is 8.84. The second kappa shape index (κ2) is 8.25. The van der Waals surface area contributed by atoms with E-state index in [2.05, 4.69) is 10.3 Å². The van der Waals surface area contributed by atoms with Crippen molar-refractivity contribution < 1.29 is 18.3 Å². The molecule has 0 saturated heterocycles. The molecule has 1 N–H and O–H groups in total. The molecular weight excluding hydrogens is 338 g/mol. The van der Waals surface area contributed by atoms with Crippen molar-refractivity contribution in [1.82, 2.24) is 4.98 Å². The summed E-state index contributed by atoms with van der Waals surface area (Å²) in [4.78, 5) is 16.3. The molecular formula is C20H22F2N2O2. The maximum absolute atomic E-state index is 14.2. The summed E-state index contributed by atoms with van der Waals surface area (Å²) in [5, 5.41) is 2.79. The van der Waals surface area contributed by atoms with E-state index in [0.29, 0.717) is 22.7 Å². The molecule has 26 heavy (non-hydrogen) atoms. The van der Waals surface area contributed by atoms with Crippen LogP contribution in [0.2, 0.25) is 0 Å². The molecule has 0 spiro atoms. The van der Waals surface area contributed by atoms with Crippen LogP contribution in [0.4, 0.5) is 14.6 Å². The van der Waals surface area contributed by atoms with Gasteiger partial charge in [0.2, 0.25) is 5.91 Å². The largest absolute Gasteiger partial charge is 0.496 e. The Morgan fingerprint density at radius 2 is 1.96 bits per heavy atom. The molecule has 4 nitrogen and oxygen atoms in total. The minimum atomic E-state index is -0.480. The molecule has 1 aliphatic carbocycles. The van der Waals surface area contributed by atoms with Gasteiger partial charge in [-0.3, -0.25) is 4.79 Å². The average Bonchev–Trinajstić information content (AvgIpc) is 2.66. The van der Waals surface area contributed by atoms with E-state index in [1.807, 2.05) is 0 Å². The third kappa shape index (κ3) is 4.36. The highest BCUT2D eigenvalue weighted by molar-refractivity contribution is 5.91. The molecule has 3 rings (SSSR count). The van der Waals surface area contributed by atoms with E-state index in [9.17, 15) is 13.6 Å². The zero-order valence-electron chi connectivity index (χ0n) is 14.7. The Kier molecular flexibility index (Phi) is 5.81. The summed E-state index contributed by atoms with van der Waals surface area (Å²) >= 11 is 0. The van der Waals surface area contributed by atoms with Gasteiger partial charge in [0.15, 0.2) is 0 Å². The summed E-state index contributed by atoms with van der Waals surface area (Å²) in [6.45, 7) is 0. The van der Waals surface area contributed by atoms with Crippen LogP contribution >= 0.6 is 0 Å². The highest BCUT2D eigenvalue weighted by Gasteiger charge is 2.21. The second-order valence-electron chi connectivity index (χ2n) is 6.62. The molecule has 1 aromatic heterocycles. The van der Waals surface area contributed by atoms with Gasteiger partial charge < -0.3 is 10.1 Å². The van der Waals surface area contributed by atoms with E-state index in [-0.39, 0.29) is 18.2 Å². The standard InChI is InChI=1S/C20H22F2N2O2/c1-26-18-11-16(21)8-7-14(18)9-15-10-19(23-12-17(15)22)24-20(25)13-5-3-2-4-6-13/h7-8,10-13H,2-6,9H2,1H3,(H,23,24,25). The monoisotopic (exact) mass is 360 g/mol. The molecule has 1 aromatic carbocycles. The van der Waals surface area contributed by atoms with Crippen LogP contribution < -0.4 is 10.1 Å². The molecule has 1 aliphatic rings. The van der Waals surface area contributed by atoms with Crippen LogP contribution in [-0.4, -0.2) is 18.0 Å². The van der Waals surface area contributed by atoms with Crippen molar-refractivity contribution in [3.8, 4) is 5.75 Å². The van der Waals surface area contributed by atoms with Crippen molar-refractivity contribution in [3.05, 3.63) is 53.2 Å². The molecule has 6 heteroatoms. The number of benzene rings is 1. The topological polar surface area (TPSA) is 51.2 Å². The molecule has 0 bridgehead atoms. The summed E-state index contributed by atoms with van der Waals surface area (Å²) in [6.07, 6.45) is 6.36. The number of rotatable bonds is 5. The van der Waals surface area contributed by atoms with E-state index in [1.54, 1.807) is 6.07 Å². The Labute approximate surface area is 151 Å². The smallest absolute Gasteiger partial charge is 0.228 e. The number of anilines is 1. The van der Waals surface area contributed by atoms with Gasteiger partial charge in [-0.25, -0.2) is 13.8 Å². The van der Waals surface area contributed by atoms with E-state index >= 15 is 0 Å². The number of aromatic nitrogens is 1. The molecule has 1 fully saturated rings. The lowest BCUT2D eigenvalue weighted by Gasteiger charge is -2.20. The predicted octanol–water partition coefficient (Wildman–Crippen LogP) is 4.48. The van der Waals surface area contributed by atoms with Crippen LogP contribution in [0, 0.1) is 17.6 Å². The number of halogens is 2. The van der Waals surface area contributed by atoms with Crippen LogP contribution in [0.3, 0.4) is 0 Å². The maximum Gasteiger partial charge on any atom is 0.228 e. The maximum atomic E-state index is 14.2. The first kappa shape index (κ1) is 18.3. The Morgan fingerprint density at radius 3 is 2.69 bits per heavy atom. The van der Waals surface area contributed by atoms with Crippen molar-refractivity contribution in [2.24, 2.45) is 5.92 Å². The van der Waals surface area contributed by atoms with E-state index in [1.165, 1.54) is 31.7 Å². The number of carbonyl (C=O) groups is 1. The van der Waals surface area contributed by atoms with Crippen LogP contribution in [0.25, 0.3) is 0 Å². The second-order valence-corrected chi connectivity index (χ2v) is 6.62. The molecule has 138 valence electrons. The first-order valence-electron chi connectivity index (χ1n) is 8.84.